The first-order chi connectivity index (χ1) is 9.83. The molecule has 1 aromatic heterocycles. The Morgan fingerprint density at radius 3 is 3.00 bits per heavy atom. The van der Waals surface area contributed by atoms with E-state index in [1.165, 1.54) is 10.4 Å². The summed E-state index contributed by atoms with van der Waals surface area (Å²) in [4.78, 5) is 20.4. The Labute approximate surface area is 121 Å². The molecule has 0 bridgehead atoms. The molecule has 1 aliphatic heterocycles. The Bertz CT molecular complexity index is 583. The molecule has 0 fully saturated rings. The van der Waals surface area contributed by atoms with Crippen LogP contribution < -0.4 is 5.48 Å². The lowest BCUT2D eigenvalue weighted by molar-refractivity contribution is 0.0352. The molecule has 0 saturated heterocycles. The van der Waals surface area contributed by atoms with Crippen LogP contribution in [0.5, 0.6) is 0 Å². The summed E-state index contributed by atoms with van der Waals surface area (Å²) in [6, 6.07) is 11.7. The van der Waals surface area contributed by atoms with Crippen molar-refractivity contribution in [3.8, 4) is 0 Å². The summed E-state index contributed by atoms with van der Waals surface area (Å²) in [5.41, 5.74) is 4.80. The number of rotatable bonds is 3. The summed E-state index contributed by atoms with van der Waals surface area (Å²) in [5, 5.41) is 2.08. The lowest BCUT2D eigenvalue weighted by atomic mass is 10.1. The Kier molecular flexibility index (Phi) is 3.99. The number of fused-ring (bicyclic) bond motifs is 1. The van der Waals surface area contributed by atoms with Gasteiger partial charge >= 0.3 is 6.03 Å². The molecular weight excluding hydrogens is 272 g/mol. The van der Waals surface area contributed by atoms with Gasteiger partial charge in [0.25, 0.3) is 0 Å². The first kappa shape index (κ1) is 13.1. The third kappa shape index (κ3) is 3.00. The number of nitrogens with one attached hydrogen (secondary N) is 1. The Balaban J connectivity index is 1.48. The fraction of sp³-hybridized carbons (Fsp3) is 0.267. The molecule has 20 heavy (non-hydrogen) atoms. The highest BCUT2D eigenvalue weighted by Gasteiger charge is 2.21. The molecule has 104 valence electrons. The number of carbonyl (C=O) groups excluding carboxylic acids is 1. The van der Waals surface area contributed by atoms with E-state index in [1.807, 2.05) is 30.3 Å². The average Bonchev–Trinajstić information content (AvgIpc) is 2.95. The molecule has 2 aromatic rings. The smallest absolute Gasteiger partial charge is 0.318 e. The summed E-state index contributed by atoms with van der Waals surface area (Å²) in [6.07, 6.45) is 0.930. The van der Waals surface area contributed by atoms with Gasteiger partial charge < -0.3 is 4.90 Å². The predicted molar refractivity (Wildman–Crippen MR) is 78.2 cm³/mol. The number of nitrogens with zero attached hydrogens (tertiary/aromatic N) is 1. The van der Waals surface area contributed by atoms with Crippen LogP contribution in [0.4, 0.5) is 4.79 Å². The van der Waals surface area contributed by atoms with Crippen molar-refractivity contribution >= 4 is 17.4 Å². The molecule has 4 nitrogen and oxygen atoms in total. The van der Waals surface area contributed by atoms with Crippen molar-refractivity contribution in [1.29, 1.82) is 0 Å². The van der Waals surface area contributed by atoms with Crippen molar-refractivity contribution < 1.29 is 9.63 Å². The molecule has 2 heterocycles. The Hall–Kier alpha value is -1.85. The maximum atomic E-state index is 12.0. The molecule has 0 radical (unpaired) electrons. The highest BCUT2D eigenvalue weighted by Crippen LogP contribution is 2.23. The summed E-state index contributed by atoms with van der Waals surface area (Å²) in [6.45, 7) is 1.79. The van der Waals surface area contributed by atoms with E-state index >= 15 is 0 Å². The monoisotopic (exact) mass is 288 g/mol. The van der Waals surface area contributed by atoms with Gasteiger partial charge in [-0.3, -0.25) is 4.84 Å². The summed E-state index contributed by atoms with van der Waals surface area (Å²) in [7, 11) is 0. The van der Waals surface area contributed by atoms with Crippen LogP contribution in [0.1, 0.15) is 16.0 Å². The normalized spacial score (nSPS) is 13.9. The number of amides is 2. The summed E-state index contributed by atoms with van der Waals surface area (Å²) in [5.74, 6) is 0. The van der Waals surface area contributed by atoms with Gasteiger partial charge in [0.15, 0.2) is 0 Å². The second-order valence-electron chi connectivity index (χ2n) is 4.72. The molecule has 0 saturated carbocycles. The lowest BCUT2D eigenvalue weighted by Crippen LogP contribution is -2.42. The van der Waals surface area contributed by atoms with Crippen LogP contribution in [0.3, 0.4) is 0 Å². The van der Waals surface area contributed by atoms with Crippen LogP contribution in [0.25, 0.3) is 0 Å². The van der Waals surface area contributed by atoms with Crippen molar-refractivity contribution in [3.05, 3.63) is 57.8 Å². The minimum absolute atomic E-state index is 0.169. The van der Waals surface area contributed by atoms with Gasteiger partial charge in [0.2, 0.25) is 0 Å². The Morgan fingerprint density at radius 1 is 1.30 bits per heavy atom. The second-order valence-corrected chi connectivity index (χ2v) is 5.72. The number of hydrogen-bond acceptors (Lipinski definition) is 3. The van der Waals surface area contributed by atoms with Gasteiger partial charge in [-0.05, 0) is 29.0 Å². The van der Waals surface area contributed by atoms with Gasteiger partial charge in [0.05, 0.1) is 6.61 Å². The molecule has 1 aliphatic rings. The van der Waals surface area contributed by atoms with E-state index in [2.05, 4.69) is 16.9 Å². The molecule has 2 amide bonds. The van der Waals surface area contributed by atoms with Crippen LogP contribution in [0.15, 0.2) is 41.8 Å². The minimum atomic E-state index is -0.169. The van der Waals surface area contributed by atoms with Gasteiger partial charge in [-0.2, -0.15) is 0 Å². The molecule has 1 N–H and O–H groups in total. The Morgan fingerprint density at radius 2 is 2.15 bits per heavy atom. The number of hydrogen-bond donors (Lipinski definition) is 1. The topological polar surface area (TPSA) is 41.6 Å². The number of carbonyl (C=O) groups is 1. The fourth-order valence-corrected chi connectivity index (χ4v) is 3.13. The zero-order valence-corrected chi connectivity index (χ0v) is 11.9. The molecule has 0 unspecified atom stereocenters. The van der Waals surface area contributed by atoms with E-state index in [-0.39, 0.29) is 6.03 Å². The van der Waals surface area contributed by atoms with E-state index in [1.54, 1.807) is 16.2 Å². The second kappa shape index (κ2) is 6.07. The van der Waals surface area contributed by atoms with E-state index in [4.69, 9.17) is 4.84 Å². The average molecular weight is 288 g/mol. The number of thiophene rings is 1. The van der Waals surface area contributed by atoms with Gasteiger partial charge in [0, 0.05) is 18.0 Å². The standard InChI is InChI=1S/C15H16N2O2S/c18-15(16-19-11-12-4-2-1-3-5-12)17-8-6-14-13(10-17)7-9-20-14/h1-5,7,9H,6,8,10-11H2,(H,16,18). The quantitative estimate of drug-likeness (QED) is 0.882. The third-order valence-electron chi connectivity index (χ3n) is 3.34. The first-order valence-corrected chi connectivity index (χ1v) is 7.47. The zero-order chi connectivity index (χ0) is 13.8. The largest absolute Gasteiger partial charge is 0.341 e. The molecule has 3 rings (SSSR count). The highest BCUT2D eigenvalue weighted by atomic mass is 32.1. The van der Waals surface area contributed by atoms with E-state index < -0.39 is 0 Å². The molecule has 0 aliphatic carbocycles. The summed E-state index contributed by atoms with van der Waals surface area (Å²) >= 11 is 1.76. The molecule has 0 spiro atoms. The van der Waals surface area contributed by atoms with Gasteiger partial charge in [0.1, 0.15) is 0 Å². The van der Waals surface area contributed by atoms with E-state index in [9.17, 15) is 4.79 Å². The van der Waals surface area contributed by atoms with Crippen molar-refractivity contribution in [2.24, 2.45) is 0 Å². The van der Waals surface area contributed by atoms with Gasteiger partial charge in [-0.1, -0.05) is 30.3 Å². The van der Waals surface area contributed by atoms with E-state index in [0.29, 0.717) is 13.2 Å². The van der Waals surface area contributed by atoms with Crippen LogP contribution >= 0.6 is 11.3 Å². The fourth-order valence-electron chi connectivity index (χ4n) is 2.24. The van der Waals surface area contributed by atoms with Crippen LogP contribution in [-0.4, -0.2) is 17.5 Å². The van der Waals surface area contributed by atoms with Crippen molar-refractivity contribution in [1.82, 2.24) is 10.4 Å². The van der Waals surface area contributed by atoms with Crippen LogP contribution in [-0.2, 0) is 24.4 Å². The van der Waals surface area contributed by atoms with E-state index in [0.717, 1.165) is 18.5 Å². The van der Waals surface area contributed by atoms with Crippen molar-refractivity contribution in [3.63, 3.8) is 0 Å². The molecule has 1 aromatic carbocycles. The van der Waals surface area contributed by atoms with Crippen LogP contribution in [0.2, 0.25) is 0 Å². The SMILES string of the molecule is O=C(NOCc1ccccc1)N1CCc2sccc2C1. The summed E-state index contributed by atoms with van der Waals surface area (Å²) < 4.78 is 0. The third-order valence-corrected chi connectivity index (χ3v) is 4.36. The lowest BCUT2D eigenvalue weighted by Gasteiger charge is -2.26. The highest BCUT2D eigenvalue weighted by molar-refractivity contribution is 7.10. The number of benzene rings is 1. The maximum absolute atomic E-state index is 12.0. The van der Waals surface area contributed by atoms with Crippen LogP contribution in [0, 0.1) is 0 Å². The van der Waals surface area contributed by atoms with Gasteiger partial charge in [-0.25, -0.2) is 10.3 Å². The zero-order valence-electron chi connectivity index (χ0n) is 11.0. The van der Waals surface area contributed by atoms with Crippen molar-refractivity contribution in [2.75, 3.05) is 6.54 Å². The maximum Gasteiger partial charge on any atom is 0.341 e. The van der Waals surface area contributed by atoms with Gasteiger partial charge in [-0.15, -0.1) is 11.3 Å². The molecule has 0 atom stereocenters. The molecule has 5 heteroatoms. The first-order valence-electron chi connectivity index (χ1n) is 6.59. The predicted octanol–water partition coefficient (Wildman–Crippen LogP) is 2.95. The minimum Gasteiger partial charge on any atom is -0.318 e. The number of hydroxylamine groups is 1. The molecular formula is C15H16N2O2S. The van der Waals surface area contributed by atoms with Crippen molar-refractivity contribution in [2.45, 2.75) is 19.6 Å². The number of urea groups is 1.